The van der Waals surface area contributed by atoms with Gasteiger partial charge in [-0.25, -0.2) is 4.98 Å². The summed E-state index contributed by atoms with van der Waals surface area (Å²) in [5.74, 6) is 0.550. The Labute approximate surface area is 134 Å². The lowest BCUT2D eigenvalue weighted by Crippen LogP contribution is -2.32. The highest BCUT2D eigenvalue weighted by atomic mass is 32.1. The Morgan fingerprint density at radius 2 is 2.23 bits per heavy atom. The molecule has 0 spiro atoms. The quantitative estimate of drug-likeness (QED) is 0.938. The number of carbonyl (C=O) groups excluding carboxylic acids is 1. The summed E-state index contributed by atoms with van der Waals surface area (Å²) < 4.78 is 1.88. The fraction of sp³-hybridized carbons (Fsp3) is 0.533. The third-order valence-corrected chi connectivity index (χ3v) is 4.81. The van der Waals surface area contributed by atoms with E-state index in [0.717, 1.165) is 38.2 Å². The Kier molecular flexibility index (Phi) is 4.54. The van der Waals surface area contributed by atoms with Gasteiger partial charge in [0.1, 0.15) is 0 Å². The lowest BCUT2D eigenvalue weighted by atomic mass is 9.91. The van der Waals surface area contributed by atoms with Crippen molar-refractivity contribution < 1.29 is 4.79 Å². The molecule has 1 fully saturated rings. The molecule has 0 bridgehead atoms. The zero-order valence-corrected chi connectivity index (χ0v) is 13.8. The van der Waals surface area contributed by atoms with E-state index in [4.69, 9.17) is 0 Å². The van der Waals surface area contributed by atoms with E-state index in [0.29, 0.717) is 11.0 Å². The highest BCUT2D eigenvalue weighted by Crippen LogP contribution is 2.28. The second-order valence-electron chi connectivity index (χ2n) is 5.82. The van der Waals surface area contributed by atoms with Crippen molar-refractivity contribution in [2.45, 2.75) is 32.2 Å². The molecular formula is C15H21N5OS. The van der Waals surface area contributed by atoms with Gasteiger partial charge >= 0.3 is 0 Å². The van der Waals surface area contributed by atoms with E-state index in [1.807, 2.05) is 23.3 Å². The van der Waals surface area contributed by atoms with E-state index < -0.39 is 0 Å². The van der Waals surface area contributed by atoms with Gasteiger partial charge in [0.15, 0.2) is 5.13 Å². The van der Waals surface area contributed by atoms with Crippen molar-refractivity contribution in [1.82, 2.24) is 19.7 Å². The van der Waals surface area contributed by atoms with Crippen LogP contribution in [-0.4, -0.2) is 38.7 Å². The number of amides is 1. The zero-order valence-electron chi connectivity index (χ0n) is 13.0. The minimum atomic E-state index is -0.0711. The topological polar surface area (TPSA) is 63.1 Å². The maximum absolute atomic E-state index is 11.0. The molecule has 118 valence electrons. The Balaban J connectivity index is 1.51. The molecule has 0 aliphatic carbocycles. The van der Waals surface area contributed by atoms with Crippen molar-refractivity contribution in [3.63, 3.8) is 0 Å². The van der Waals surface area contributed by atoms with E-state index in [1.165, 1.54) is 23.8 Å². The molecule has 0 radical (unpaired) electrons. The van der Waals surface area contributed by atoms with Crippen LogP contribution in [0.2, 0.25) is 0 Å². The second-order valence-corrected chi connectivity index (χ2v) is 6.68. The summed E-state index contributed by atoms with van der Waals surface area (Å²) in [5.41, 5.74) is 2.39. The van der Waals surface area contributed by atoms with Gasteiger partial charge in [0.05, 0.1) is 11.9 Å². The molecule has 2 aromatic rings. The van der Waals surface area contributed by atoms with Crippen LogP contribution in [-0.2, 0) is 18.4 Å². The van der Waals surface area contributed by atoms with Gasteiger partial charge in [-0.1, -0.05) is 0 Å². The molecule has 0 atom stereocenters. The first-order valence-corrected chi connectivity index (χ1v) is 8.41. The van der Waals surface area contributed by atoms with Gasteiger partial charge in [-0.15, -0.1) is 11.3 Å². The molecule has 0 aromatic carbocycles. The van der Waals surface area contributed by atoms with Crippen molar-refractivity contribution >= 4 is 22.4 Å². The normalized spacial score (nSPS) is 16.8. The molecule has 1 amide bonds. The molecule has 1 aliphatic heterocycles. The first-order valence-electron chi connectivity index (χ1n) is 7.53. The first kappa shape index (κ1) is 15.2. The number of hydrogen-bond acceptors (Lipinski definition) is 5. The van der Waals surface area contributed by atoms with E-state index in [-0.39, 0.29) is 5.91 Å². The summed E-state index contributed by atoms with van der Waals surface area (Å²) in [6, 6.07) is 0. The third kappa shape index (κ3) is 3.72. The maximum atomic E-state index is 11.0. The van der Waals surface area contributed by atoms with Gasteiger partial charge in [-0.3, -0.25) is 14.4 Å². The minimum absolute atomic E-state index is 0.0711. The molecule has 2 aromatic heterocycles. The van der Waals surface area contributed by atoms with Crippen LogP contribution in [0.25, 0.3) is 0 Å². The van der Waals surface area contributed by atoms with Crippen molar-refractivity contribution in [3.05, 3.63) is 29.0 Å². The Morgan fingerprint density at radius 1 is 1.45 bits per heavy atom. The molecule has 0 unspecified atom stereocenters. The predicted octanol–water partition coefficient (Wildman–Crippen LogP) is 2.21. The summed E-state index contributed by atoms with van der Waals surface area (Å²) in [7, 11) is 1.97. The molecule has 3 heterocycles. The lowest BCUT2D eigenvalue weighted by Gasteiger charge is -2.30. The zero-order chi connectivity index (χ0) is 15.5. The van der Waals surface area contributed by atoms with Crippen LogP contribution in [0.5, 0.6) is 0 Å². The Hall–Kier alpha value is -1.73. The van der Waals surface area contributed by atoms with Gasteiger partial charge in [-0.05, 0) is 37.4 Å². The molecule has 22 heavy (non-hydrogen) atoms. The average molecular weight is 319 g/mol. The highest BCUT2D eigenvalue weighted by Gasteiger charge is 2.22. The van der Waals surface area contributed by atoms with Crippen molar-refractivity contribution in [2.24, 2.45) is 7.05 Å². The molecule has 1 N–H and O–H groups in total. The fourth-order valence-corrected chi connectivity index (χ4v) is 3.64. The smallest absolute Gasteiger partial charge is 0.223 e. The molecule has 1 aliphatic rings. The second kappa shape index (κ2) is 6.58. The molecular weight excluding hydrogens is 298 g/mol. The van der Waals surface area contributed by atoms with Gasteiger partial charge in [-0.2, -0.15) is 5.10 Å². The van der Waals surface area contributed by atoms with Crippen molar-refractivity contribution in [1.29, 1.82) is 0 Å². The van der Waals surface area contributed by atoms with Crippen molar-refractivity contribution in [3.8, 4) is 0 Å². The number of anilines is 1. The number of piperidine rings is 1. The van der Waals surface area contributed by atoms with Crippen molar-refractivity contribution in [2.75, 3.05) is 18.4 Å². The van der Waals surface area contributed by atoms with E-state index in [9.17, 15) is 4.79 Å². The van der Waals surface area contributed by atoms with E-state index >= 15 is 0 Å². The van der Waals surface area contributed by atoms with Crippen LogP contribution in [0, 0.1) is 0 Å². The number of nitrogens with one attached hydrogen (secondary N) is 1. The highest BCUT2D eigenvalue weighted by molar-refractivity contribution is 7.13. The number of nitrogens with zero attached hydrogens (tertiary/aromatic N) is 4. The van der Waals surface area contributed by atoms with Gasteiger partial charge in [0.2, 0.25) is 5.91 Å². The lowest BCUT2D eigenvalue weighted by molar-refractivity contribution is -0.114. The molecule has 7 heteroatoms. The van der Waals surface area contributed by atoms with Gasteiger partial charge in [0.25, 0.3) is 0 Å². The van der Waals surface area contributed by atoms with Crippen LogP contribution in [0.4, 0.5) is 5.13 Å². The van der Waals surface area contributed by atoms with E-state index in [2.05, 4.69) is 26.5 Å². The van der Waals surface area contributed by atoms with Crippen LogP contribution < -0.4 is 5.32 Å². The maximum Gasteiger partial charge on any atom is 0.223 e. The van der Waals surface area contributed by atoms with Crippen LogP contribution >= 0.6 is 11.3 Å². The number of rotatable bonds is 4. The molecule has 0 saturated carbocycles. The minimum Gasteiger partial charge on any atom is -0.302 e. The summed E-state index contributed by atoms with van der Waals surface area (Å²) in [6.45, 7) is 4.51. The SMILES string of the molecule is CC(=O)Nc1nc(CN2CCC(c3cnn(C)c3)CC2)cs1. The summed E-state index contributed by atoms with van der Waals surface area (Å²) in [6.07, 6.45) is 6.43. The number of likely N-dealkylation sites (tertiary alicyclic amines) is 1. The largest absolute Gasteiger partial charge is 0.302 e. The number of carbonyl (C=O) groups is 1. The molecule has 3 rings (SSSR count). The predicted molar refractivity (Wildman–Crippen MR) is 86.9 cm³/mol. The number of thiazole rings is 1. The van der Waals surface area contributed by atoms with Gasteiger partial charge in [0, 0.05) is 32.1 Å². The molecule has 1 saturated heterocycles. The fourth-order valence-electron chi connectivity index (χ4n) is 2.89. The summed E-state index contributed by atoms with van der Waals surface area (Å²) >= 11 is 1.49. The van der Waals surface area contributed by atoms with E-state index in [1.54, 1.807) is 0 Å². The van der Waals surface area contributed by atoms with Crippen LogP contribution in [0.15, 0.2) is 17.8 Å². The Morgan fingerprint density at radius 3 is 2.86 bits per heavy atom. The summed E-state index contributed by atoms with van der Waals surface area (Å²) in [4.78, 5) is 17.9. The van der Waals surface area contributed by atoms with Crippen LogP contribution in [0.1, 0.15) is 36.9 Å². The Bertz CT molecular complexity index is 642. The monoisotopic (exact) mass is 319 g/mol. The first-order chi connectivity index (χ1) is 10.6. The van der Waals surface area contributed by atoms with Gasteiger partial charge < -0.3 is 5.32 Å². The molecule has 6 nitrogen and oxygen atoms in total. The number of aryl methyl sites for hydroxylation is 1. The van der Waals surface area contributed by atoms with Crippen LogP contribution in [0.3, 0.4) is 0 Å². The average Bonchev–Trinajstić information content (AvgIpc) is 3.09. The summed E-state index contributed by atoms with van der Waals surface area (Å²) in [5, 5.41) is 9.71. The number of hydrogen-bond donors (Lipinski definition) is 1. The number of aromatic nitrogens is 3. The standard InChI is InChI=1S/C15H21N5OS/c1-11(21)17-15-18-14(10-22-15)9-20-5-3-12(4-6-20)13-7-16-19(2)8-13/h7-8,10,12H,3-6,9H2,1-2H3,(H,17,18,21). The third-order valence-electron chi connectivity index (χ3n) is 4.00.